The quantitative estimate of drug-likeness (QED) is 0.857. The molecule has 0 spiro atoms. The van der Waals surface area contributed by atoms with Crippen molar-refractivity contribution in [2.75, 3.05) is 12.3 Å². The number of aryl methyl sites for hydroxylation is 1. The van der Waals surface area contributed by atoms with Crippen molar-refractivity contribution in [1.29, 1.82) is 0 Å². The van der Waals surface area contributed by atoms with E-state index >= 15 is 0 Å². The molecule has 1 aromatic carbocycles. The van der Waals surface area contributed by atoms with Gasteiger partial charge in [-0.15, -0.1) is 0 Å². The van der Waals surface area contributed by atoms with Gasteiger partial charge in [-0.2, -0.15) is 0 Å². The number of anilines is 1. The van der Waals surface area contributed by atoms with E-state index in [0.717, 1.165) is 30.8 Å². The molecule has 18 heavy (non-hydrogen) atoms. The van der Waals surface area contributed by atoms with Crippen molar-refractivity contribution in [3.05, 3.63) is 35.0 Å². The predicted molar refractivity (Wildman–Crippen MR) is 70.7 cm³/mol. The average molecular weight is 262 g/mol. The minimum atomic E-state index is 0.225. The number of nitrogen functional groups attached to an aromatic ring is 1. The highest BCUT2D eigenvalue weighted by molar-refractivity contribution is 6.32. The van der Waals surface area contributed by atoms with E-state index in [4.69, 9.17) is 22.1 Å². The number of rotatable bonds is 1. The van der Waals surface area contributed by atoms with Gasteiger partial charge >= 0.3 is 0 Å². The van der Waals surface area contributed by atoms with E-state index in [9.17, 15) is 0 Å². The van der Waals surface area contributed by atoms with Crippen molar-refractivity contribution in [2.45, 2.75) is 12.8 Å². The molecule has 0 fully saturated rings. The molecule has 0 bridgehead atoms. The fourth-order valence-corrected chi connectivity index (χ4v) is 2.29. The Hall–Kier alpha value is -1.81. The molecule has 3 rings (SSSR count). The summed E-state index contributed by atoms with van der Waals surface area (Å²) in [6, 6.07) is 5.96. The minimum absolute atomic E-state index is 0.225. The van der Waals surface area contributed by atoms with Gasteiger partial charge < -0.3 is 10.5 Å². The molecule has 1 aromatic heterocycles. The van der Waals surface area contributed by atoms with Gasteiger partial charge in [0.25, 0.3) is 0 Å². The molecule has 0 amide bonds. The van der Waals surface area contributed by atoms with Gasteiger partial charge in [-0.25, -0.2) is 9.97 Å². The van der Waals surface area contributed by atoms with Crippen LogP contribution in [0.4, 0.5) is 5.95 Å². The van der Waals surface area contributed by atoms with Crippen LogP contribution in [-0.4, -0.2) is 16.6 Å². The lowest BCUT2D eigenvalue weighted by molar-refractivity contribution is 0.288. The highest BCUT2D eigenvalue weighted by Gasteiger charge is 2.13. The largest absolute Gasteiger partial charge is 0.493 e. The lowest BCUT2D eigenvalue weighted by Crippen LogP contribution is -2.08. The number of nitrogens with two attached hydrogens (primary N) is 1. The molecule has 0 radical (unpaired) electrons. The molecular weight excluding hydrogens is 250 g/mol. The van der Waals surface area contributed by atoms with E-state index in [1.54, 1.807) is 0 Å². The second kappa shape index (κ2) is 4.46. The minimum Gasteiger partial charge on any atom is -0.493 e. The Kier molecular flexibility index (Phi) is 2.80. The summed E-state index contributed by atoms with van der Waals surface area (Å²) < 4.78 is 5.58. The zero-order valence-electron chi connectivity index (χ0n) is 9.69. The molecule has 0 aliphatic carbocycles. The number of aromatic nitrogens is 2. The van der Waals surface area contributed by atoms with Crippen molar-refractivity contribution in [3.63, 3.8) is 0 Å². The van der Waals surface area contributed by atoms with Gasteiger partial charge in [0, 0.05) is 5.56 Å². The summed E-state index contributed by atoms with van der Waals surface area (Å²) in [6.07, 6.45) is 3.58. The molecule has 1 aliphatic heterocycles. The van der Waals surface area contributed by atoms with E-state index in [-0.39, 0.29) is 5.95 Å². The van der Waals surface area contributed by atoms with Crippen molar-refractivity contribution in [2.24, 2.45) is 0 Å². The number of benzene rings is 1. The maximum Gasteiger partial charge on any atom is 0.220 e. The van der Waals surface area contributed by atoms with Crippen LogP contribution in [0.2, 0.25) is 5.02 Å². The second-order valence-electron chi connectivity index (χ2n) is 4.20. The maximum absolute atomic E-state index is 6.10. The fraction of sp³-hybridized carbons (Fsp3) is 0.231. The smallest absolute Gasteiger partial charge is 0.220 e. The van der Waals surface area contributed by atoms with Gasteiger partial charge in [-0.05, 0) is 36.6 Å². The van der Waals surface area contributed by atoms with Crippen molar-refractivity contribution in [1.82, 2.24) is 9.97 Å². The van der Waals surface area contributed by atoms with Crippen LogP contribution in [0.15, 0.2) is 24.4 Å². The van der Waals surface area contributed by atoms with Crippen molar-refractivity contribution >= 4 is 17.5 Å². The third kappa shape index (κ3) is 1.99. The summed E-state index contributed by atoms with van der Waals surface area (Å²) in [5, 5.41) is 0.501. The molecule has 0 unspecified atom stereocenters. The maximum atomic E-state index is 6.10. The summed E-state index contributed by atoms with van der Waals surface area (Å²) in [5.41, 5.74) is 8.39. The summed E-state index contributed by atoms with van der Waals surface area (Å²) in [6.45, 7) is 0.785. The summed E-state index contributed by atoms with van der Waals surface area (Å²) >= 11 is 6.10. The van der Waals surface area contributed by atoms with E-state index in [2.05, 4.69) is 16.0 Å². The monoisotopic (exact) mass is 261 g/mol. The van der Waals surface area contributed by atoms with Crippen LogP contribution in [0.25, 0.3) is 11.3 Å². The first-order valence-electron chi connectivity index (χ1n) is 5.78. The number of ether oxygens (including phenoxy) is 1. The summed E-state index contributed by atoms with van der Waals surface area (Å²) in [5.74, 6) is 1.17. The first-order valence-corrected chi connectivity index (χ1v) is 6.16. The molecule has 0 saturated carbocycles. The number of hydrogen-bond acceptors (Lipinski definition) is 4. The molecule has 0 saturated heterocycles. The normalized spacial score (nSPS) is 13.8. The molecule has 2 N–H and O–H groups in total. The predicted octanol–water partition coefficient (Wildman–Crippen LogP) is 2.70. The SMILES string of the molecule is Nc1ncc(Cl)c(-c2ccc3c(c2)CCCO3)n1. The van der Waals surface area contributed by atoms with Gasteiger partial charge in [-0.3, -0.25) is 0 Å². The van der Waals surface area contributed by atoms with E-state index in [1.807, 2.05) is 12.1 Å². The highest BCUT2D eigenvalue weighted by atomic mass is 35.5. The zero-order valence-corrected chi connectivity index (χ0v) is 10.4. The number of hydrogen-bond donors (Lipinski definition) is 1. The molecule has 5 heteroatoms. The third-order valence-electron chi connectivity index (χ3n) is 2.94. The molecule has 92 valence electrons. The fourth-order valence-electron chi connectivity index (χ4n) is 2.09. The first-order chi connectivity index (χ1) is 8.74. The molecule has 2 heterocycles. The Morgan fingerprint density at radius 1 is 1.33 bits per heavy atom. The van der Waals surface area contributed by atoms with Gasteiger partial charge in [0.2, 0.25) is 5.95 Å². The van der Waals surface area contributed by atoms with Gasteiger partial charge in [-0.1, -0.05) is 11.6 Å². The van der Waals surface area contributed by atoms with Crippen LogP contribution in [0, 0.1) is 0 Å². The van der Waals surface area contributed by atoms with Crippen LogP contribution in [0.3, 0.4) is 0 Å². The molecule has 0 atom stereocenters. The number of nitrogens with zero attached hydrogens (tertiary/aromatic N) is 2. The first kappa shape index (κ1) is 11.3. The van der Waals surface area contributed by atoms with Crippen LogP contribution in [-0.2, 0) is 6.42 Å². The Balaban J connectivity index is 2.09. The average Bonchev–Trinajstić information content (AvgIpc) is 2.41. The molecule has 4 nitrogen and oxygen atoms in total. The van der Waals surface area contributed by atoms with Crippen LogP contribution in [0.1, 0.15) is 12.0 Å². The van der Waals surface area contributed by atoms with Crippen molar-refractivity contribution < 1.29 is 4.74 Å². The van der Waals surface area contributed by atoms with Gasteiger partial charge in [0.1, 0.15) is 5.75 Å². The Morgan fingerprint density at radius 3 is 3.11 bits per heavy atom. The highest BCUT2D eigenvalue weighted by Crippen LogP contribution is 2.32. The number of fused-ring (bicyclic) bond motifs is 1. The molecular formula is C13H12ClN3O. The Morgan fingerprint density at radius 2 is 2.22 bits per heavy atom. The van der Waals surface area contributed by atoms with E-state index in [1.165, 1.54) is 11.8 Å². The second-order valence-corrected chi connectivity index (χ2v) is 4.61. The molecule has 2 aromatic rings. The topological polar surface area (TPSA) is 61.0 Å². The lowest BCUT2D eigenvalue weighted by atomic mass is 10.0. The summed E-state index contributed by atoms with van der Waals surface area (Å²) in [7, 11) is 0. The van der Waals surface area contributed by atoms with Crippen LogP contribution < -0.4 is 10.5 Å². The Bertz CT molecular complexity index is 601. The van der Waals surface area contributed by atoms with Crippen LogP contribution in [0.5, 0.6) is 5.75 Å². The van der Waals surface area contributed by atoms with Gasteiger partial charge in [0.05, 0.1) is 23.5 Å². The molecule has 1 aliphatic rings. The lowest BCUT2D eigenvalue weighted by Gasteiger charge is -2.17. The third-order valence-corrected chi connectivity index (χ3v) is 3.22. The van der Waals surface area contributed by atoms with E-state index < -0.39 is 0 Å². The van der Waals surface area contributed by atoms with Crippen molar-refractivity contribution in [3.8, 4) is 17.0 Å². The van der Waals surface area contributed by atoms with E-state index in [0.29, 0.717) is 10.7 Å². The number of halogens is 1. The zero-order chi connectivity index (χ0) is 12.5. The van der Waals surface area contributed by atoms with Crippen LogP contribution >= 0.6 is 11.6 Å². The standard InChI is InChI=1S/C13H12ClN3O/c14-10-7-16-13(15)17-12(10)9-3-4-11-8(6-9)2-1-5-18-11/h3-4,6-7H,1-2,5H2,(H2,15,16,17). The van der Waals surface area contributed by atoms with Gasteiger partial charge in [0.15, 0.2) is 0 Å². The summed E-state index contributed by atoms with van der Waals surface area (Å²) in [4.78, 5) is 8.05. The Labute approximate surface area is 110 Å².